The average Bonchev–Trinajstić information content (AvgIpc) is 3.24. The van der Waals surface area contributed by atoms with Crippen LogP contribution in [0.2, 0.25) is 0 Å². The maximum absolute atomic E-state index is 13.0. The van der Waals surface area contributed by atoms with Crippen LogP contribution < -0.4 is 4.90 Å². The topological polar surface area (TPSA) is 50.6 Å². The normalized spacial score (nSPS) is 16.1. The van der Waals surface area contributed by atoms with Gasteiger partial charge in [-0.25, -0.2) is 8.78 Å². The van der Waals surface area contributed by atoms with Crippen LogP contribution in [0.15, 0.2) is 22.7 Å². The van der Waals surface area contributed by atoms with Crippen LogP contribution in [0.3, 0.4) is 0 Å². The number of aromatic nitrogens is 2. The van der Waals surface area contributed by atoms with Crippen molar-refractivity contribution in [3.63, 3.8) is 0 Å². The summed E-state index contributed by atoms with van der Waals surface area (Å²) in [5, 5.41) is 5.01. The lowest BCUT2D eigenvalue weighted by atomic mass is 10.0. The summed E-state index contributed by atoms with van der Waals surface area (Å²) in [7, 11) is 2.03. The van der Waals surface area contributed by atoms with Gasteiger partial charge in [0.05, 0.1) is 12.6 Å². The SMILES string of the molecule is CC.CN(CCCc1ccc(C(F)F)c(Br)c1)c1nn(C2CCOCC2)c2c1CN(C=O)CC2. The van der Waals surface area contributed by atoms with Gasteiger partial charge < -0.3 is 14.5 Å². The van der Waals surface area contributed by atoms with Crippen molar-refractivity contribution in [2.24, 2.45) is 0 Å². The largest absolute Gasteiger partial charge is 0.381 e. The molecule has 1 fully saturated rings. The first-order valence-electron chi connectivity index (χ1n) is 12.1. The van der Waals surface area contributed by atoms with Crippen LogP contribution >= 0.6 is 15.9 Å². The Balaban J connectivity index is 0.00000158. The lowest BCUT2D eigenvalue weighted by Gasteiger charge is -2.28. The number of ether oxygens (including phenoxy) is 1. The Morgan fingerprint density at radius 2 is 2.03 bits per heavy atom. The quantitative estimate of drug-likeness (QED) is 0.412. The van der Waals surface area contributed by atoms with Gasteiger partial charge in [-0.3, -0.25) is 9.48 Å². The predicted octanol–water partition coefficient (Wildman–Crippen LogP) is 5.54. The lowest BCUT2D eigenvalue weighted by molar-refractivity contribution is -0.118. The molecule has 34 heavy (non-hydrogen) atoms. The van der Waals surface area contributed by atoms with Gasteiger partial charge in [0, 0.05) is 61.1 Å². The number of halogens is 3. The lowest BCUT2D eigenvalue weighted by Crippen LogP contribution is -2.31. The maximum atomic E-state index is 13.0. The molecule has 1 aromatic carbocycles. The Morgan fingerprint density at radius 3 is 2.68 bits per heavy atom. The van der Waals surface area contributed by atoms with Crippen molar-refractivity contribution >= 4 is 28.2 Å². The van der Waals surface area contributed by atoms with Crippen molar-refractivity contribution in [2.75, 3.05) is 38.3 Å². The summed E-state index contributed by atoms with van der Waals surface area (Å²) < 4.78 is 34.1. The van der Waals surface area contributed by atoms with E-state index in [1.807, 2.05) is 20.9 Å². The number of alkyl halides is 2. The Kier molecular flexibility index (Phi) is 9.88. The third-order valence-corrected chi connectivity index (χ3v) is 7.09. The monoisotopic (exact) mass is 540 g/mol. The van der Waals surface area contributed by atoms with Crippen LogP contribution in [-0.2, 0) is 28.9 Å². The van der Waals surface area contributed by atoms with Gasteiger partial charge in [0.15, 0.2) is 5.82 Å². The number of carbonyl (C=O) groups is 1. The Labute approximate surface area is 209 Å². The molecule has 0 spiro atoms. The minimum Gasteiger partial charge on any atom is -0.381 e. The number of nitrogens with zero attached hydrogens (tertiary/aromatic N) is 4. The van der Waals surface area contributed by atoms with Crippen molar-refractivity contribution in [3.05, 3.63) is 45.1 Å². The van der Waals surface area contributed by atoms with E-state index in [1.54, 1.807) is 17.0 Å². The molecule has 2 aliphatic heterocycles. The van der Waals surface area contributed by atoms with Crippen LogP contribution in [0.1, 0.15) is 68.0 Å². The zero-order chi connectivity index (χ0) is 24.7. The van der Waals surface area contributed by atoms with Gasteiger partial charge in [-0.05, 0) is 37.3 Å². The Bertz CT molecular complexity index is 947. The second-order valence-electron chi connectivity index (χ2n) is 8.54. The molecule has 0 saturated carbocycles. The number of amides is 1. The highest BCUT2D eigenvalue weighted by Gasteiger charge is 2.29. The number of hydrogen-bond acceptors (Lipinski definition) is 4. The number of aryl methyl sites for hydroxylation is 1. The molecule has 188 valence electrons. The van der Waals surface area contributed by atoms with Gasteiger partial charge >= 0.3 is 0 Å². The van der Waals surface area contributed by atoms with E-state index in [0.717, 1.165) is 81.8 Å². The molecule has 0 aliphatic carbocycles. The van der Waals surface area contributed by atoms with Crippen molar-refractivity contribution in [1.82, 2.24) is 14.7 Å². The fourth-order valence-corrected chi connectivity index (χ4v) is 5.21. The minimum atomic E-state index is -2.48. The molecule has 3 heterocycles. The summed E-state index contributed by atoms with van der Waals surface area (Å²) in [6.07, 6.45) is 2.82. The van der Waals surface area contributed by atoms with Crippen molar-refractivity contribution in [1.29, 1.82) is 0 Å². The van der Waals surface area contributed by atoms with E-state index in [9.17, 15) is 13.6 Å². The van der Waals surface area contributed by atoms with Crippen molar-refractivity contribution in [2.45, 2.75) is 65.0 Å². The predicted molar refractivity (Wildman–Crippen MR) is 134 cm³/mol. The molecule has 2 aromatic rings. The molecule has 1 aromatic heterocycles. The van der Waals surface area contributed by atoms with E-state index in [2.05, 4.69) is 25.5 Å². The number of anilines is 1. The molecule has 6 nitrogen and oxygen atoms in total. The van der Waals surface area contributed by atoms with E-state index >= 15 is 0 Å². The number of fused-ring (bicyclic) bond motifs is 1. The van der Waals surface area contributed by atoms with Crippen molar-refractivity contribution in [3.8, 4) is 0 Å². The number of rotatable bonds is 8. The molecule has 1 amide bonds. The highest BCUT2D eigenvalue weighted by atomic mass is 79.9. The first-order valence-corrected chi connectivity index (χ1v) is 12.9. The third-order valence-electron chi connectivity index (χ3n) is 6.40. The van der Waals surface area contributed by atoms with E-state index < -0.39 is 6.43 Å². The zero-order valence-corrected chi connectivity index (χ0v) is 21.9. The first-order chi connectivity index (χ1) is 16.5. The highest BCUT2D eigenvalue weighted by molar-refractivity contribution is 9.10. The second-order valence-corrected chi connectivity index (χ2v) is 9.40. The molecule has 1 saturated heterocycles. The molecule has 0 bridgehead atoms. The second kappa shape index (κ2) is 12.6. The van der Waals surface area contributed by atoms with E-state index in [0.29, 0.717) is 17.1 Å². The highest BCUT2D eigenvalue weighted by Crippen LogP contribution is 2.33. The molecule has 0 N–H and O–H groups in total. The molecule has 4 rings (SSSR count). The van der Waals surface area contributed by atoms with Crippen LogP contribution in [0.4, 0.5) is 14.6 Å². The van der Waals surface area contributed by atoms with Crippen LogP contribution in [0.25, 0.3) is 0 Å². The fraction of sp³-hybridized carbons (Fsp3) is 0.600. The van der Waals surface area contributed by atoms with E-state index in [-0.39, 0.29) is 5.56 Å². The Hall–Kier alpha value is -2.00. The smallest absolute Gasteiger partial charge is 0.264 e. The summed E-state index contributed by atoms with van der Waals surface area (Å²) in [5.41, 5.74) is 3.43. The van der Waals surface area contributed by atoms with Gasteiger partial charge in [-0.1, -0.05) is 41.9 Å². The summed E-state index contributed by atoms with van der Waals surface area (Å²) in [5.74, 6) is 0.937. The molecular formula is C25H35BrF2N4O2. The standard InChI is InChI=1S/C23H29BrF2N4O2.C2H6/c1-28(9-2-3-16-4-5-18(22(25)26)20(24)13-16)23-19-14-29(15-31)10-6-21(19)30(27-23)17-7-11-32-12-8-17;1-2/h4-5,13,15,17,22H,2-3,6-12,14H2,1H3;1-2H3. The van der Waals surface area contributed by atoms with Crippen LogP contribution in [0, 0.1) is 0 Å². The molecule has 0 radical (unpaired) electrons. The Morgan fingerprint density at radius 1 is 1.29 bits per heavy atom. The van der Waals surface area contributed by atoms with Gasteiger partial charge in [-0.2, -0.15) is 5.10 Å². The average molecular weight is 541 g/mol. The summed E-state index contributed by atoms with van der Waals surface area (Å²) in [4.78, 5) is 15.4. The molecule has 0 atom stereocenters. The van der Waals surface area contributed by atoms with Gasteiger partial charge in [0.1, 0.15) is 0 Å². The fourth-order valence-electron chi connectivity index (χ4n) is 4.61. The minimum absolute atomic E-state index is 0.0240. The molecular weight excluding hydrogens is 506 g/mol. The van der Waals surface area contributed by atoms with Crippen LogP contribution in [-0.4, -0.2) is 54.4 Å². The van der Waals surface area contributed by atoms with E-state index in [4.69, 9.17) is 9.84 Å². The van der Waals surface area contributed by atoms with Gasteiger partial charge in [0.25, 0.3) is 6.43 Å². The molecule has 9 heteroatoms. The summed E-state index contributed by atoms with van der Waals surface area (Å²) in [6.45, 7) is 7.60. The third kappa shape index (κ3) is 6.16. The van der Waals surface area contributed by atoms with E-state index in [1.165, 1.54) is 11.8 Å². The van der Waals surface area contributed by atoms with Gasteiger partial charge in [0.2, 0.25) is 6.41 Å². The van der Waals surface area contributed by atoms with Crippen LogP contribution in [0.5, 0.6) is 0 Å². The zero-order valence-electron chi connectivity index (χ0n) is 20.3. The maximum Gasteiger partial charge on any atom is 0.264 e. The number of carbonyl (C=O) groups excluding carboxylic acids is 1. The first kappa shape index (κ1) is 26.6. The number of hydrogen-bond donors (Lipinski definition) is 0. The molecule has 0 unspecified atom stereocenters. The molecule has 2 aliphatic rings. The number of benzene rings is 1. The summed E-state index contributed by atoms with van der Waals surface area (Å²) >= 11 is 3.25. The summed E-state index contributed by atoms with van der Waals surface area (Å²) in [6, 6.07) is 5.39. The van der Waals surface area contributed by atoms with Crippen molar-refractivity contribution < 1.29 is 18.3 Å². The van der Waals surface area contributed by atoms with Gasteiger partial charge in [-0.15, -0.1) is 0 Å².